The van der Waals surface area contributed by atoms with E-state index in [-0.39, 0.29) is 11.6 Å². The van der Waals surface area contributed by atoms with Crippen molar-refractivity contribution in [2.75, 3.05) is 5.32 Å². The number of anilines is 1. The lowest BCUT2D eigenvalue weighted by molar-refractivity contribution is -0.119. The Balaban J connectivity index is 2.19. The van der Waals surface area contributed by atoms with E-state index in [1.165, 1.54) is 16.9 Å². The Morgan fingerprint density at radius 2 is 2.30 bits per heavy atom. The summed E-state index contributed by atoms with van der Waals surface area (Å²) in [4.78, 5) is 12.2. The fourth-order valence-corrected chi connectivity index (χ4v) is 2.07. The maximum atomic E-state index is 13.6. The summed E-state index contributed by atoms with van der Waals surface area (Å²) >= 11 is 5.80. The van der Waals surface area contributed by atoms with Crippen LogP contribution >= 0.6 is 11.6 Å². The first-order chi connectivity index (χ1) is 9.51. The number of carbonyl (C=O) groups is 1. The number of benzene rings is 1. The van der Waals surface area contributed by atoms with Crippen LogP contribution in [0.25, 0.3) is 0 Å². The van der Waals surface area contributed by atoms with Gasteiger partial charge >= 0.3 is 0 Å². The second kappa shape index (κ2) is 6.05. The molecule has 4 nitrogen and oxygen atoms in total. The molecule has 0 spiro atoms. The van der Waals surface area contributed by atoms with Gasteiger partial charge in [-0.15, -0.1) is 0 Å². The Morgan fingerprint density at radius 1 is 1.55 bits per heavy atom. The van der Waals surface area contributed by atoms with Crippen molar-refractivity contribution in [3.05, 3.63) is 47.0 Å². The number of aryl methyl sites for hydroxylation is 1. The lowest BCUT2D eigenvalue weighted by Gasteiger charge is -2.16. The average molecular weight is 296 g/mol. The van der Waals surface area contributed by atoms with Crippen LogP contribution in [0.15, 0.2) is 30.6 Å². The highest BCUT2D eigenvalue weighted by Gasteiger charge is 2.20. The first kappa shape index (κ1) is 14.5. The summed E-state index contributed by atoms with van der Waals surface area (Å²) in [5.74, 6) is -0.783. The molecule has 1 unspecified atom stereocenters. The van der Waals surface area contributed by atoms with E-state index in [2.05, 4.69) is 10.4 Å². The highest BCUT2D eigenvalue weighted by atomic mass is 35.5. The number of nitrogens with one attached hydrogen (secondary N) is 1. The van der Waals surface area contributed by atoms with E-state index >= 15 is 0 Å². The van der Waals surface area contributed by atoms with Crippen LogP contribution in [0.3, 0.4) is 0 Å². The summed E-state index contributed by atoms with van der Waals surface area (Å²) in [5.41, 5.74) is 1.04. The average Bonchev–Trinajstić information content (AvgIpc) is 2.81. The van der Waals surface area contributed by atoms with Gasteiger partial charge in [-0.2, -0.15) is 5.10 Å². The summed E-state index contributed by atoms with van der Waals surface area (Å²) < 4.78 is 15.1. The van der Waals surface area contributed by atoms with Crippen LogP contribution in [-0.4, -0.2) is 15.7 Å². The second-order valence-corrected chi connectivity index (χ2v) is 4.97. The Kier molecular flexibility index (Phi) is 4.39. The Morgan fingerprint density at radius 3 is 2.90 bits per heavy atom. The molecule has 0 aliphatic heterocycles. The van der Waals surface area contributed by atoms with Crippen molar-refractivity contribution in [2.24, 2.45) is 0 Å². The minimum absolute atomic E-state index is 0.173. The number of halogens is 2. The molecule has 0 aliphatic rings. The van der Waals surface area contributed by atoms with E-state index in [1.54, 1.807) is 18.3 Å². The van der Waals surface area contributed by atoms with Gasteiger partial charge in [-0.3, -0.25) is 9.48 Å². The first-order valence-electron chi connectivity index (χ1n) is 6.28. The molecule has 1 heterocycles. The highest BCUT2D eigenvalue weighted by Crippen LogP contribution is 2.20. The van der Waals surface area contributed by atoms with Gasteiger partial charge in [0.05, 0.1) is 16.9 Å². The van der Waals surface area contributed by atoms with Gasteiger partial charge in [0, 0.05) is 6.20 Å². The molecule has 2 aromatic rings. The largest absolute Gasteiger partial charge is 0.322 e. The maximum absolute atomic E-state index is 13.6. The van der Waals surface area contributed by atoms with Crippen molar-refractivity contribution in [3.8, 4) is 0 Å². The molecule has 1 amide bonds. The molecule has 106 valence electrons. The molecule has 1 aromatic carbocycles. The van der Waals surface area contributed by atoms with Gasteiger partial charge < -0.3 is 5.32 Å². The van der Waals surface area contributed by atoms with E-state index in [0.717, 1.165) is 5.56 Å². The minimum Gasteiger partial charge on any atom is -0.322 e. The van der Waals surface area contributed by atoms with Crippen molar-refractivity contribution in [1.82, 2.24) is 9.78 Å². The molecule has 0 radical (unpaired) electrons. The zero-order valence-electron chi connectivity index (χ0n) is 11.2. The molecule has 1 N–H and O–H groups in total. The summed E-state index contributed by atoms with van der Waals surface area (Å²) in [7, 11) is 0. The van der Waals surface area contributed by atoms with Crippen molar-refractivity contribution >= 4 is 23.2 Å². The number of hydrogen-bond acceptors (Lipinski definition) is 2. The van der Waals surface area contributed by atoms with Crippen LogP contribution in [0.1, 0.15) is 24.9 Å². The third-order valence-corrected chi connectivity index (χ3v) is 3.15. The van der Waals surface area contributed by atoms with Gasteiger partial charge in [-0.1, -0.05) is 24.6 Å². The van der Waals surface area contributed by atoms with Crippen LogP contribution in [0, 0.1) is 12.7 Å². The number of aromatic nitrogens is 2. The van der Waals surface area contributed by atoms with E-state index in [9.17, 15) is 9.18 Å². The number of nitrogens with zero attached hydrogens (tertiary/aromatic N) is 2. The number of hydrogen-bond donors (Lipinski definition) is 1. The highest BCUT2D eigenvalue weighted by molar-refractivity contribution is 6.30. The van der Waals surface area contributed by atoms with Crippen molar-refractivity contribution in [3.63, 3.8) is 0 Å². The third-order valence-electron chi connectivity index (χ3n) is 2.96. The standard InChI is InChI=1S/C14H15ClFN3O/c1-3-13(19-8-10(15)7-17-19)14(20)18-12-6-9(2)4-5-11(12)16/h4-8,13H,3H2,1-2H3,(H,18,20). The topological polar surface area (TPSA) is 46.9 Å². The van der Waals surface area contributed by atoms with Gasteiger partial charge in [-0.25, -0.2) is 4.39 Å². The fraction of sp³-hybridized carbons (Fsp3) is 0.286. The zero-order valence-corrected chi connectivity index (χ0v) is 12.0. The quantitative estimate of drug-likeness (QED) is 0.937. The van der Waals surface area contributed by atoms with Gasteiger partial charge in [0.15, 0.2) is 0 Å². The van der Waals surface area contributed by atoms with E-state index in [4.69, 9.17) is 11.6 Å². The number of rotatable bonds is 4. The van der Waals surface area contributed by atoms with E-state index in [0.29, 0.717) is 11.4 Å². The van der Waals surface area contributed by atoms with Gasteiger partial charge in [-0.05, 0) is 31.0 Å². The van der Waals surface area contributed by atoms with Crippen LogP contribution in [0.2, 0.25) is 5.02 Å². The number of carbonyl (C=O) groups excluding carboxylic acids is 1. The summed E-state index contributed by atoms with van der Waals surface area (Å²) in [5, 5.41) is 7.07. The summed E-state index contributed by atoms with van der Waals surface area (Å²) in [6.07, 6.45) is 3.56. The summed E-state index contributed by atoms with van der Waals surface area (Å²) in [6.45, 7) is 3.69. The predicted octanol–water partition coefficient (Wildman–Crippen LogP) is 3.57. The maximum Gasteiger partial charge on any atom is 0.249 e. The van der Waals surface area contributed by atoms with Gasteiger partial charge in [0.2, 0.25) is 5.91 Å². The molecule has 0 fully saturated rings. The normalized spacial score (nSPS) is 12.2. The lowest BCUT2D eigenvalue weighted by Crippen LogP contribution is -2.26. The fourth-order valence-electron chi connectivity index (χ4n) is 1.93. The van der Waals surface area contributed by atoms with Crippen molar-refractivity contribution < 1.29 is 9.18 Å². The molecule has 0 aliphatic carbocycles. The van der Waals surface area contributed by atoms with Crippen LogP contribution < -0.4 is 5.32 Å². The number of amides is 1. The van der Waals surface area contributed by atoms with Crippen molar-refractivity contribution in [2.45, 2.75) is 26.3 Å². The molecular formula is C14H15ClFN3O. The molecule has 0 saturated heterocycles. The lowest BCUT2D eigenvalue weighted by atomic mass is 10.2. The van der Waals surface area contributed by atoms with Gasteiger partial charge in [0.25, 0.3) is 0 Å². The van der Waals surface area contributed by atoms with Crippen molar-refractivity contribution in [1.29, 1.82) is 0 Å². The Hall–Kier alpha value is -1.88. The molecule has 0 saturated carbocycles. The zero-order chi connectivity index (χ0) is 14.7. The van der Waals surface area contributed by atoms with Crippen LogP contribution in [0.5, 0.6) is 0 Å². The van der Waals surface area contributed by atoms with E-state index < -0.39 is 11.9 Å². The predicted molar refractivity (Wildman–Crippen MR) is 76.3 cm³/mol. The minimum atomic E-state index is -0.526. The first-order valence-corrected chi connectivity index (χ1v) is 6.65. The Labute approximate surface area is 121 Å². The van der Waals surface area contributed by atoms with Crippen LogP contribution in [0.4, 0.5) is 10.1 Å². The second-order valence-electron chi connectivity index (χ2n) is 4.54. The van der Waals surface area contributed by atoms with Gasteiger partial charge in [0.1, 0.15) is 11.9 Å². The molecule has 20 heavy (non-hydrogen) atoms. The summed E-state index contributed by atoms with van der Waals surface area (Å²) in [6, 6.07) is 4.05. The smallest absolute Gasteiger partial charge is 0.249 e. The molecule has 1 atom stereocenters. The monoisotopic (exact) mass is 295 g/mol. The van der Waals surface area contributed by atoms with E-state index in [1.807, 2.05) is 13.8 Å². The SMILES string of the molecule is CCC(C(=O)Nc1cc(C)ccc1F)n1cc(Cl)cn1. The molecular weight excluding hydrogens is 281 g/mol. The van der Waals surface area contributed by atoms with Crippen LogP contribution in [-0.2, 0) is 4.79 Å². The Bertz CT molecular complexity index is 627. The third kappa shape index (κ3) is 3.17. The molecule has 6 heteroatoms. The molecule has 1 aromatic heterocycles. The molecule has 2 rings (SSSR count). The molecule has 0 bridgehead atoms.